The summed E-state index contributed by atoms with van der Waals surface area (Å²) in [4.78, 5) is 16.2. The summed E-state index contributed by atoms with van der Waals surface area (Å²) in [6.45, 7) is -1.36. The Morgan fingerprint density at radius 2 is 1.76 bits per heavy atom. The second-order valence-electron chi connectivity index (χ2n) is 8.12. The lowest BCUT2D eigenvalue weighted by atomic mass is 9.79. The topological polar surface area (TPSA) is 109 Å². The first-order chi connectivity index (χ1) is 17.7. The van der Waals surface area contributed by atoms with Crippen LogP contribution in [0.2, 0.25) is 0 Å². The van der Waals surface area contributed by atoms with E-state index in [1.807, 2.05) is 0 Å². The van der Waals surface area contributed by atoms with Crippen LogP contribution in [0.15, 0.2) is 60.8 Å². The zero-order chi connectivity index (χ0) is 26.2. The van der Waals surface area contributed by atoms with Gasteiger partial charge in [0.15, 0.2) is 5.82 Å². The molecule has 1 aliphatic heterocycles. The Hall–Kier alpha value is -4.63. The van der Waals surface area contributed by atoms with E-state index >= 15 is 8.78 Å². The summed E-state index contributed by atoms with van der Waals surface area (Å²) in [5.41, 5.74) is 2.51. The van der Waals surface area contributed by atoms with Gasteiger partial charge < -0.3 is 10.5 Å². The van der Waals surface area contributed by atoms with Crippen molar-refractivity contribution in [3.05, 3.63) is 94.8 Å². The zero-order valence-corrected chi connectivity index (χ0v) is 18.8. The lowest BCUT2D eigenvalue weighted by Crippen LogP contribution is -2.53. The number of hydrogen-bond donors (Lipinski definition) is 1. The van der Waals surface area contributed by atoms with Crippen LogP contribution >= 0.6 is 0 Å². The number of fused-ring (bicyclic) bond motifs is 3. The Bertz CT molecular complexity index is 1540. The summed E-state index contributed by atoms with van der Waals surface area (Å²) in [5.74, 6) is -0.613. The second-order valence-corrected chi connectivity index (χ2v) is 8.12. The lowest BCUT2D eigenvalue weighted by molar-refractivity contribution is -0.231. The molecule has 5 rings (SSSR count). The first-order valence-corrected chi connectivity index (χ1v) is 10.8. The number of nitrogens with zero attached hydrogens (tertiary/aromatic N) is 5. The van der Waals surface area contributed by atoms with Crippen molar-refractivity contribution in [2.75, 3.05) is 6.54 Å². The van der Waals surface area contributed by atoms with Gasteiger partial charge in [0.2, 0.25) is 5.60 Å². The number of alkyl halides is 2. The van der Waals surface area contributed by atoms with E-state index in [9.17, 15) is 13.6 Å². The van der Waals surface area contributed by atoms with Gasteiger partial charge in [-0.1, -0.05) is 17.9 Å². The van der Waals surface area contributed by atoms with Gasteiger partial charge in [-0.3, -0.25) is 9.78 Å². The van der Waals surface area contributed by atoms with E-state index in [4.69, 9.17) is 10.5 Å². The van der Waals surface area contributed by atoms with Crippen LogP contribution in [0.3, 0.4) is 0 Å². The average molecular weight is 508 g/mol. The Morgan fingerprint density at radius 1 is 1.05 bits per heavy atom. The van der Waals surface area contributed by atoms with E-state index in [1.165, 1.54) is 30.3 Å². The van der Waals surface area contributed by atoms with Crippen LogP contribution in [0.25, 0.3) is 11.4 Å². The third kappa shape index (κ3) is 4.19. The summed E-state index contributed by atoms with van der Waals surface area (Å²) in [6, 6.07) is 10.9. The quantitative estimate of drug-likeness (QED) is 0.257. The van der Waals surface area contributed by atoms with E-state index in [-0.39, 0.29) is 17.0 Å². The number of carbonyl (C=O) groups is 1. The Balaban J connectivity index is 1.59. The van der Waals surface area contributed by atoms with Crippen LogP contribution in [-0.4, -0.2) is 37.7 Å². The molecule has 0 saturated carbocycles. The van der Waals surface area contributed by atoms with Gasteiger partial charge in [0.25, 0.3) is 0 Å². The maximum absolute atomic E-state index is 16.4. The molecule has 1 aliphatic rings. The number of esters is 1. The number of tetrazole rings is 1. The fourth-order valence-corrected chi connectivity index (χ4v) is 4.05. The molecule has 0 bridgehead atoms. The van der Waals surface area contributed by atoms with E-state index in [0.29, 0.717) is 11.1 Å². The number of rotatable bonds is 4. The number of pyridine rings is 1. The molecule has 186 valence electrons. The van der Waals surface area contributed by atoms with Crippen LogP contribution in [0, 0.1) is 23.5 Å². The molecule has 0 aliphatic carbocycles. The maximum atomic E-state index is 16.4. The van der Waals surface area contributed by atoms with Gasteiger partial charge >= 0.3 is 11.9 Å². The highest BCUT2D eigenvalue weighted by molar-refractivity contribution is 5.74. The predicted molar refractivity (Wildman–Crippen MR) is 121 cm³/mol. The zero-order valence-electron chi connectivity index (χ0n) is 18.8. The maximum Gasteiger partial charge on any atom is 0.334 e. The number of ether oxygens (including phenoxy) is 1. The van der Waals surface area contributed by atoms with Gasteiger partial charge in [0.05, 0.1) is 13.1 Å². The number of aromatic nitrogens is 5. The van der Waals surface area contributed by atoms with Crippen molar-refractivity contribution in [1.82, 2.24) is 25.2 Å². The molecule has 8 nitrogen and oxygen atoms in total. The SMILES string of the molecule is NCC(=O)OC1(C(F)(F)c2ccc(C#Cc3ccc(F)cc3)cn2)Cn2nnnc2-c2cc(F)ccc21. The Kier molecular flexibility index (Phi) is 5.93. The summed E-state index contributed by atoms with van der Waals surface area (Å²) >= 11 is 0. The molecule has 0 spiro atoms. The molecule has 0 saturated heterocycles. The average Bonchev–Trinajstić information content (AvgIpc) is 3.37. The molecule has 4 aromatic rings. The number of benzene rings is 2. The molecule has 0 fully saturated rings. The molecule has 37 heavy (non-hydrogen) atoms. The Morgan fingerprint density at radius 3 is 2.46 bits per heavy atom. The number of halogens is 4. The van der Waals surface area contributed by atoms with Crippen LogP contribution in [0.5, 0.6) is 0 Å². The molecular weight excluding hydrogens is 492 g/mol. The number of nitrogens with two attached hydrogens (primary N) is 1. The highest BCUT2D eigenvalue weighted by Gasteiger charge is 2.63. The monoisotopic (exact) mass is 508 g/mol. The minimum atomic E-state index is -3.95. The van der Waals surface area contributed by atoms with Crippen molar-refractivity contribution in [3.8, 4) is 23.2 Å². The Labute approximate surface area is 207 Å². The second kappa shape index (κ2) is 9.11. The summed E-state index contributed by atoms with van der Waals surface area (Å²) < 4.78 is 66.3. The van der Waals surface area contributed by atoms with Crippen molar-refractivity contribution >= 4 is 5.97 Å². The third-order valence-electron chi connectivity index (χ3n) is 5.80. The molecular formula is C25H16F4N6O2. The van der Waals surface area contributed by atoms with Gasteiger partial charge in [0, 0.05) is 28.5 Å². The molecule has 0 radical (unpaired) electrons. The molecule has 2 aromatic carbocycles. The highest BCUT2D eigenvalue weighted by atomic mass is 19.3. The number of hydrogen-bond acceptors (Lipinski definition) is 7. The van der Waals surface area contributed by atoms with Crippen LogP contribution in [0.1, 0.15) is 22.4 Å². The minimum Gasteiger partial charge on any atom is -0.444 e. The van der Waals surface area contributed by atoms with Gasteiger partial charge in [-0.15, -0.1) is 5.10 Å². The molecule has 0 amide bonds. The molecule has 2 aromatic heterocycles. The van der Waals surface area contributed by atoms with E-state index in [1.54, 1.807) is 0 Å². The van der Waals surface area contributed by atoms with Gasteiger partial charge in [0.1, 0.15) is 17.3 Å². The van der Waals surface area contributed by atoms with Crippen LogP contribution < -0.4 is 5.73 Å². The largest absolute Gasteiger partial charge is 0.444 e. The van der Waals surface area contributed by atoms with Gasteiger partial charge in [-0.25, -0.2) is 13.5 Å². The van der Waals surface area contributed by atoms with Crippen LogP contribution in [-0.2, 0) is 27.6 Å². The minimum absolute atomic E-state index is 0.0316. The van der Waals surface area contributed by atoms with Crippen molar-refractivity contribution in [3.63, 3.8) is 0 Å². The fraction of sp³-hybridized carbons (Fsp3) is 0.160. The first kappa shape index (κ1) is 24.1. The lowest BCUT2D eigenvalue weighted by Gasteiger charge is -2.42. The summed E-state index contributed by atoms with van der Waals surface area (Å²) in [6.07, 6.45) is 1.13. The van der Waals surface area contributed by atoms with E-state index in [0.717, 1.165) is 35.1 Å². The first-order valence-electron chi connectivity index (χ1n) is 10.8. The standard InChI is InChI=1S/C25H16F4N6O2/c26-17-6-3-15(4-7-17)1-2-16-5-10-21(31-13-16)25(28,29)24(37-22(36)12-30)14-35-23(32-33-34-35)19-11-18(27)8-9-20(19)24/h3-11,13H,12,14,30H2. The number of carbonyl (C=O) groups excluding carboxylic acids is 1. The van der Waals surface area contributed by atoms with Crippen molar-refractivity contribution in [1.29, 1.82) is 0 Å². The smallest absolute Gasteiger partial charge is 0.334 e. The molecule has 12 heteroatoms. The molecule has 3 heterocycles. The van der Waals surface area contributed by atoms with Crippen molar-refractivity contribution in [2.24, 2.45) is 5.73 Å². The van der Waals surface area contributed by atoms with Gasteiger partial charge in [-0.05, 0) is 59.0 Å². The third-order valence-corrected chi connectivity index (χ3v) is 5.80. The molecule has 1 atom stereocenters. The molecule has 1 unspecified atom stereocenters. The summed E-state index contributed by atoms with van der Waals surface area (Å²) in [5, 5.41) is 11.0. The van der Waals surface area contributed by atoms with Gasteiger partial charge in [-0.2, -0.15) is 8.78 Å². The van der Waals surface area contributed by atoms with Crippen molar-refractivity contribution < 1.29 is 27.1 Å². The van der Waals surface area contributed by atoms with Crippen molar-refractivity contribution in [2.45, 2.75) is 18.1 Å². The van der Waals surface area contributed by atoms with Crippen LogP contribution in [0.4, 0.5) is 17.6 Å². The predicted octanol–water partition coefficient (Wildman–Crippen LogP) is 2.92. The molecule has 2 N–H and O–H groups in total. The summed E-state index contributed by atoms with van der Waals surface area (Å²) in [7, 11) is 0. The van der Waals surface area contributed by atoms with E-state index < -0.39 is 47.9 Å². The fourth-order valence-electron chi connectivity index (χ4n) is 4.05. The normalized spacial score (nSPS) is 16.2. The van der Waals surface area contributed by atoms with E-state index in [2.05, 4.69) is 32.4 Å². The highest BCUT2D eigenvalue weighted by Crippen LogP contribution is 2.53.